The van der Waals surface area contributed by atoms with Crippen LogP contribution in [0.4, 0.5) is 0 Å². The van der Waals surface area contributed by atoms with Crippen molar-refractivity contribution in [2.75, 3.05) is 20.0 Å². The van der Waals surface area contributed by atoms with Gasteiger partial charge in [-0.05, 0) is 0 Å². The van der Waals surface area contributed by atoms with Crippen LogP contribution in [0.1, 0.15) is 0 Å². The second-order valence-electron chi connectivity index (χ2n) is 2.01. The van der Waals surface area contributed by atoms with Gasteiger partial charge in [0, 0.05) is 14.2 Å². The minimum Gasteiger partial charge on any atom is -0.440 e. The molecule has 1 aromatic rings. The third-order valence-electron chi connectivity index (χ3n) is 1.28. The Morgan fingerprint density at radius 3 is 2.83 bits per heavy atom. The van der Waals surface area contributed by atoms with Crippen molar-refractivity contribution in [2.45, 2.75) is 11.5 Å². The lowest BCUT2D eigenvalue weighted by molar-refractivity contribution is -0.0843. The van der Waals surface area contributed by atoms with E-state index in [-0.39, 0.29) is 6.29 Å². The third-order valence-corrected chi connectivity index (χ3v) is 2.17. The predicted molar refractivity (Wildman–Crippen MR) is 45.0 cm³/mol. The Labute approximate surface area is 75.3 Å². The van der Waals surface area contributed by atoms with Gasteiger partial charge in [-0.15, -0.1) is 0 Å². The van der Waals surface area contributed by atoms with Crippen molar-refractivity contribution in [3.05, 3.63) is 12.5 Å². The van der Waals surface area contributed by atoms with Gasteiger partial charge in [0.25, 0.3) is 5.22 Å². The molecule has 0 N–H and O–H groups in total. The molecule has 0 radical (unpaired) electrons. The van der Waals surface area contributed by atoms with Gasteiger partial charge >= 0.3 is 0 Å². The number of hydrogen-bond acceptors (Lipinski definition) is 5. The highest BCUT2D eigenvalue weighted by Crippen LogP contribution is 2.16. The van der Waals surface area contributed by atoms with Crippen LogP contribution in [0.5, 0.6) is 0 Å². The number of ether oxygens (including phenoxy) is 2. The lowest BCUT2D eigenvalue weighted by Gasteiger charge is -2.10. The molecule has 0 saturated carbocycles. The molecule has 0 aliphatic rings. The molecule has 0 aliphatic heterocycles. The maximum absolute atomic E-state index is 5.01. The molecule has 0 bridgehead atoms. The number of nitrogens with zero attached hydrogens (tertiary/aromatic N) is 1. The van der Waals surface area contributed by atoms with Crippen molar-refractivity contribution in [1.29, 1.82) is 0 Å². The molecule has 0 amide bonds. The average Bonchev–Trinajstić information content (AvgIpc) is 2.59. The molecule has 0 spiro atoms. The minimum absolute atomic E-state index is 0.207. The molecule has 4 nitrogen and oxygen atoms in total. The molecule has 0 saturated heterocycles. The second kappa shape index (κ2) is 5.18. The molecule has 1 rings (SSSR count). The molecule has 5 heteroatoms. The van der Waals surface area contributed by atoms with Crippen LogP contribution in [0.25, 0.3) is 0 Å². The van der Waals surface area contributed by atoms with Crippen LogP contribution in [-0.2, 0) is 9.47 Å². The van der Waals surface area contributed by atoms with Crippen molar-refractivity contribution < 1.29 is 13.9 Å². The van der Waals surface area contributed by atoms with E-state index in [1.54, 1.807) is 20.4 Å². The van der Waals surface area contributed by atoms with E-state index in [4.69, 9.17) is 13.9 Å². The Hall–Kier alpha value is -0.520. The second-order valence-corrected chi connectivity index (χ2v) is 2.98. The van der Waals surface area contributed by atoms with Crippen LogP contribution >= 0.6 is 11.8 Å². The van der Waals surface area contributed by atoms with Gasteiger partial charge in [-0.2, -0.15) is 0 Å². The van der Waals surface area contributed by atoms with Gasteiger partial charge in [0.1, 0.15) is 6.26 Å². The van der Waals surface area contributed by atoms with E-state index >= 15 is 0 Å². The highest BCUT2D eigenvalue weighted by Gasteiger charge is 2.07. The fourth-order valence-corrected chi connectivity index (χ4v) is 1.46. The van der Waals surface area contributed by atoms with E-state index < -0.39 is 0 Å². The van der Waals surface area contributed by atoms with Crippen molar-refractivity contribution in [1.82, 2.24) is 4.98 Å². The number of thioether (sulfide) groups is 1. The van der Waals surface area contributed by atoms with Gasteiger partial charge in [0.05, 0.1) is 11.9 Å². The Morgan fingerprint density at radius 1 is 1.58 bits per heavy atom. The molecule has 0 unspecified atom stereocenters. The lowest BCUT2D eigenvalue weighted by Crippen LogP contribution is -2.15. The van der Waals surface area contributed by atoms with Crippen LogP contribution in [0.3, 0.4) is 0 Å². The number of hydrogen-bond donors (Lipinski definition) is 0. The standard InChI is InChI=1S/C7H11NO3S/c1-9-6(10-2)5-12-7-8-3-4-11-7/h3-4,6H,5H2,1-2H3. The Bertz CT molecular complexity index is 198. The van der Waals surface area contributed by atoms with Gasteiger partial charge in [0.2, 0.25) is 0 Å². The van der Waals surface area contributed by atoms with Crippen LogP contribution in [0.2, 0.25) is 0 Å². The van der Waals surface area contributed by atoms with Gasteiger partial charge in [-0.25, -0.2) is 4.98 Å². The molecule has 1 aromatic heterocycles. The molecule has 0 atom stereocenters. The van der Waals surface area contributed by atoms with Crippen molar-refractivity contribution in [2.24, 2.45) is 0 Å². The van der Waals surface area contributed by atoms with E-state index in [9.17, 15) is 0 Å². The maximum atomic E-state index is 5.01. The zero-order valence-electron chi connectivity index (χ0n) is 7.02. The normalized spacial score (nSPS) is 10.9. The van der Waals surface area contributed by atoms with Crippen LogP contribution in [-0.4, -0.2) is 31.2 Å². The van der Waals surface area contributed by atoms with Crippen LogP contribution in [0, 0.1) is 0 Å². The summed E-state index contributed by atoms with van der Waals surface area (Å²) in [6.07, 6.45) is 2.94. The summed E-state index contributed by atoms with van der Waals surface area (Å²) >= 11 is 1.46. The van der Waals surface area contributed by atoms with Crippen LogP contribution < -0.4 is 0 Å². The molecule has 68 valence electrons. The largest absolute Gasteiger partial charge is 0.440 e. The first kappa shape index (κ1) is 9.57. The zero-order chi connectivity index (χ0) is 8.81. The highest BCUT2D eigenvalue weighted by atomic mass is 32.2. The molecule has 1 heterocycles. The summed E-state index contributed by atoms with van der Waals surface area (Å²) in [6, 6.07) is 0. The van der Waals surface area contributed by atoms with Gasteiger partial charge in [-0.3, -0.25) is 0 Å². The zero-order valence-corrected chi connectivity index (χ0v) is 7.84. The Balaban J connectivity index is 2.25. The van der Waals surface area contributed by atoms with Gasteiger partial charge in [0.15, 0.2) is 6.29 Å². The van der Waals surface area contributed by atoms with E-state index in [2.05, 4.69) is 4.98 Å². The van der Waals surface area contributed by atoms with Gasteiger partial charge < -0.3 is 13.9 Å². The van der Waals surface area contributed by atoms with Crippen molar-refractivity contribution in [3.63, 3.8) is 0 Å². The Kier molecular flexibility index (Phi) is 4.13. The summed E-state index contributed by atoms with van der Waals surface area (Å²) < 4.78 is 15.0. The number of oxazole rings is 1. The minimum atomic E-state index is -0.207. The third kappa shape index (κ3) is 2.84. The SMILES string of the molecule is COC(CSc1ncco1)OC. The van der Waals surface area contributed by atoms with E-state index in [0.717, 1.165) is 0 Å². The number of methoxy groups -OCH3 is 2. The first-order chi connectivity index (χ1) is 5.86. The van der Waals surface area contributed by atoms with Gasteiger partial charge in [-0.1, -0.05) is 11.8 Å². The molecule has 0 aromatic carbocycles. The van der Waals surface area contributed by atoms with E-state index in [1.807, 2.05) is 0 Å². The number of rotatable bonds is 5. The molecular weight excluding hydrogens is 178 g/mol. The molecular formula is C7H11NO3S. The summed E-state index contributed by atoms with van der Waals surface area (Å²) in [7, 11) is 3.20. The quantitative estimate of drug-likeness (QED) is 0.517. The lowest BCUT2D eigenvalue weighted by atomic mass is 10.7. The molecule has 12 heavy (non-hydrogen) atoms. The van der Waals surface area contributed by atoms with Crippen molar-refractivity contribution in [3.8, 4) is 0 Å². The molecule has 0 fully saturated rings. The summed E-state index contributed by atoms with van der Waals surface area (Å²) in [5.74, 6) is 0.674. The van der Waals surface area contributed by atoms with Crippen LogP contribution in [0.15, 0.2) is 22.1 Å². The highest BCUT2D eigenvalue weighted by molar-refractivity contribution is 7.99. The van der Waals surface area contributed by atoms with E-state index in [0.29, 0.717) is 11.0 Å². The molecule has 0 aliphatic carbocycles. The fraction of sp³-hybridized carbons (Fsp3) is 0.571. The number of aromatic nitrogens is 1. The average molecular weight is 189 g/mol. The summed E-state index contributed by atoms with van der Waals surface area (Å²) in [5, 5.41) is 0.633. The van der Waals surface area contributed by atoms with Crippen molar-refractivity contribution >= 4 is 11.8 Å². The summed E-state index contributed by atoms with van der Waals surface area (Å²) in [4.78, 5) is 3.94. The maximum Gasteiger partial charge on any atom is 0.255 e. The summed E-state index contributed by atoms with van der Waals surface area (Å²) in [6.45, 7) is 0. The van der Waals surface area contributed by atoms with E-state index in [1.165, 1.54) is 18.0 Å². The first-order valence-electron chi connectivity index (χ1n) is 3.44. The monoisotopic (exact) mass is 189 g/mol. The fourth-order valence-electron chi connectivity index (χ4n) is 0.653. The topological polar surface area (TPSA) is 44.5 Å². The smallest absolute Gasteiger partial charge is 0.255 e. The Morgan fingerprint density at radius 2 is 2.33 bits per heavy atom. The predicted octanol–water partition coefficient (Wildman–Crippen LogP) is 1.39. The first-order valence-corrected chi connectivity index (χ1v) is 4.43. The summed E-state index contributed by atoms with van der Waals surface area (Å²) in [5.41, 5.74) is 0.